The van der Waals surface area contributed by atoms with Gasteiger partial charge in [0.2, 0.25) is 0 Å². The van der Waals surface area contributed by atoms with Crippen LogP contribution in [0.1, 0.15) is 35.2 Å². The molecular formula is C19H18ClF3N2O. The molecular weight excluding hydrogens is 365 g/mol. The predicted octanol–water partition coefficient (Wildman–Crippen LogP) is 5.60. The molecule has 2 aromatic rings. The number of carbonyl (C=O) groups excluding carboxylic acids is 1. The third kappa shape index (κ3) is 4.49. The van der Waals surface area contributed by atoms with E-state index in [9.17, 15) is 18.0 Å². The van der Waals surface area contributed by atoms with Crippen molar-refractivity contribution in [2.75, 3.05) is 23.3 Å². The highest BCUT2D eigenvalue weighted by molar-refractivity contribution is 6.31. The molecule has 1 fully saturated rings. The first-order valence-electron chi connectivity index (χ1n) is 8.37. The molecule has 2 aromatic carbocycles. The van der Waals surface area contributed by atoms with Crippen molar-refractivity contribution in [2.45, 2.75) is 25.4 Å². The monoisotopic (exact) mass is 382 g/mol. The number of benzene rings is 2. The zero-order valence-corrected chi connectivity index (χ0v) is 14.7. The molecule has 26 heavy (non-hydrogen) atoms. The largest absolute Gasteiger partial charge is 0.416 e. The molecule has 1 aliphatic heterocycles. The summed E-state index contributed by atoms with van der Waals surface area (Å²) in [6, 6.07) is 9.98. The summed E-state index contributed by atoms with van der Waals surface area (Å²) in [7, 11) is 0. The Labute approximate surface area is 154 Å². The summed E-state index contributed by atoms with van der Waals surface area (Å²) in [4.78, 5) is 14.4. The van der Waals surface area contributed by atoms with Crippen molar-refractivity contribution in [3.05, 3.63) is 58.6 Å². The number of amides is 1. The number of nitrogens with zero attached hydrogens (tertiary/aromatic N) is 1. The van der Waals surface area contributed by atoms with Gasteiger partial charge in [-0.05, 0) is 55.7 Å². The first-order valence-corrected chi connectivity index (χ1v) is 8.75. The van der Waals surface area contributed by atoms with Gasteiger partial charge in [-0.15, -0.1) is 0 Å². The SMILES string of the molecule is O=C(Nc1cccc(Cl)c1)c1cc(N2CCCCC2)cc(C(F)(F)F)c1. The number of alkyl halides is 3. The van der Waals surface area contributed by atoms with Crippen molar-refractivity contribution >= 4 is 28.9 Å². The number of nitrogens with one attached hydrogen (secondary N) is 1. The van der Waals surface area contributed by atoms with Crippen LogP contribution in [0.4, 0.5) is 24.5 Å². The van der Waals surface area contributed by atoms with Gasteiger partial charge in [0.05, 0.1) is 5.56 Å². The molecule has 0 atom stereocenters. The summed E-state index contributed by atoms with van der Waals surface area (Å²) < 4.78 is 39.9. The van der Waals surface area contributed by atoms with Crippen molar-refractivity contribution in [2.24, 2.45) is 0 Å². The van der Waals surface area contributed by atoms with Gasteiger partial charge in [-0.25, -0.2) is 0 Å². The normalized spacial score (nSPS) is 15.0. The Morgan fingerprint density at radius 2 is 1.77 bits per heavy atom. The molecule has 1 saturated heterocycles. The lowest BCUT2D eigenvalue weighted by Crippen LogP contribution is -2.30. The first kappa shape index (κ1) is 18.6. The molecule has 0 unspecified atom stereocenters. The van der Waals surface area contributed by atoms with Crippen LogP contribution in [0.2, 0.25) is 5.02 Å². The minimum atomic E-state index is -4.52. The van der Waals surface area contributed by atoms with Gasteiger partial charge in [0.25, 0.3) is 5.91 Å². The van der Waals surface area contributed by atoms with Crippen molar-refractivity contribution in [1.82, 2.24) is 0 Å². The van der Waals surface area contributed by atoms with Crippen molar-refractivity contribution in [3.63, 3.8) is 0 Å². The second kappa shape index (κ2) is 7.58. The van der Waals surface area contributed by atoms with Crippen LogP contribution in [-0.2, 0) is 6.18 Å². The molecule has 7 heteroatoms. The molecule has 1 heterocycles. The Morgan fingerprint density at radius 3 is 2.42 bits per heavy atom. The molecule has 0 aromatic heterocycles. The molecule has 3 rings (SSSR count). The summed E-state index contributed by atoms with van der Waals surface area (Å²) in [5, 5.41) is 3.03. The minimum Gasteiger partial charge on any atom is -0.372 e. The first-order chi connectivity index (χ1) is 12.3. The Balaban J connectivity index is 1.92. The smallest absolute Gasteiger partial charge is 0.372 e. The van der Waals surface area contributed by atoms with Crippen LogP contribution in [0.15, 0.2) is 42.5 Å². The number of halogens is 4. The van der Waals surface area contributed by atoms with Crippen LogP contribution in [-0.4, -0.2) is 19.0 Å². The summed E-state index contributed by atoms with van der Waals surface area (Å²) >= 11 is 5.88. The zero-order chi connectivity index (χ0) is 18.7. The number of hydrogen-bond donors (Lipinski definition) is 1. The molecule has 138 valence electrons. The number of piperidine rings is 1. The quantitative estimate of drug-likeness (QED) is 0.749. The van der Waals surface area contributed by atoms with E-state index in [1.165, 1.54) is 6.07 Å². The van der Waals surface area contributed by atoms with Crippen molar-refractivity contribution in [1.29, 1.82) is 0 Å². The lowest BCUT2D eigenvalue weighted by Gasteiger charge is -2.29. The molecule has 0 radical (unpaired) electrons. The van der Waals surface area contributed by atoms with Crippen LogP contribution >= 0.6 is 11.6 Å². The number of hydrogen-bond acceptors (Lipinski definition) is 2. The number of anilines is 2. The van der Waals surface area contributed by atoms with Gasteiger partial charge < -0.3 is 10.2 Å². The summed E-state index contributed by atoms with van der Waals surface area (Å²) in [5.74, 6) is -0.600. The highest BCUT2D eigenvalue weighted by atomic mass is 35.5. The maximum Gasteiger partial charge on any atom is 0.416 e. The van der Waals surface area contributed by atoms with E-state index in [1.807, 2.05) is 4.90 Å². The van der Waals surface area contributed by atoms with E-state index in [0.717, 1.165) is 31.4 Å². The zero-order valence-electron chi connectivity index (χ0n) is 13.9. The average molecular weight is 383 g/mol. The fourth-order valence-electron chi connectivity index (χ4n) is 3.01. The molecule has 0 spiro atoms. The third-order valence-electron chi connectivity index (χ3n) is 4.31. The fourth-order valence-corrected chi connectivity index (χ4v) is 3.20. The van der Waals surface area contributed by atoms with E-state index in [-0.39, 0.29) is 5.56 Å². The lowest BCUT2D eigenvalue weighted by atomic mass is 10.0. The molecule has 0 aliphatic carbocycles. The fraction of sp³-hybridized carbons (Fsp3) is 0.316. The summed E-state index contributed by atoms with van der Waals surface area (Å²) in [5.41, 5.74) is 0.00685. The van der Waals surface area contributed by atoms with Crippen LogP contribution in [0.3, 0.4) is 0 Å². The van der Waals surface area contributed by atoms with Gasteiger partial charge in [0.15, 0.2) is 0 Å². The van der Waals surface area contributed by atoms with Gasteiger partial charge >= 0.3 is 6.18 Å². The van der Waals surface area contributed by atoms with Gasteiger partial charge in [-0.3, -0.25) is 4.79 Å². The molecule has 1 aliphatic rings. The van der Waals surface area contributed by atoms with Gasteiger partial charge in [-0.2, -0.15) is 13.2 Å². The van der Waals surface area contributed by atoms with Crippen molar-refractivity contribution in [3.8, 4) is 0 Å². The molecule has 0 bridgehead atoms. The minimum absolute atomic E-state index is 0.0274. The number of rotatable bonds is 3. The second-order valence-electron chi connectivity index (χ2n) is 6.28. The van der Waals surface area contributed by atoms with E-state index in [0.29, 0.717) is 29.5 Å². The van der Waals surface area contributed by atoms with E-state index >= 15 is 0 Å². The third-order valence-corrected chi connectivity index (χ3v) is 4.55. The Hall–Kier alpha value is -2.21. The highest BCUT2D eigenvalue weighted by Crippen LogP contribution is 2.34. The summed E-state index contributed by atoms with van der Waals surface area (Å²) in [6.45, 7) is 1.38. The Kier molecular flexibility index (Phi) is 5.41. The maximum atomic E-state index is 13.3. The van der Waals surface area contributed by atoms with E-state index in [1.54, 1.807) is 24.3 Å². The van der Waals surface area contributed by atoms with E-state index in [4.69, 9.17) is 11.6 Å². The molecule has 1 N–H and O–H groups in total. The Bertz CT molecular complexity index is 802. The van der Waals surface area contributed by atoms with Gasteiger partial charge in [0, 0.05) is 35.1 Å². The van der Waals surface area contributed by atoms with Crippen LogP contribution < -0.4 is 10.2 Å². The van der Waals surface area contributed by atoms with E-state index in [2.05, 4.69) is 5.32 Å². The Morgan fingerprint density at radius 1 is 1.04 bits per heavy atom. The number of carbonyl (C=O) groups is 1. The van der Waals surface area contributed by atoms with Crippen LogP contribution in [0, 0.1) is 0 Å². The molecule has 3 nitrogen and oxygen atoms in total. The molecule has 0 saturated carbocycles. The average Bonchev–Trinajstić information content (AvgIpc) is 2.61. The van der Waals surface area contributed by atoms with Crippen LogP contribution in [0.25, 0.3) is 0 Å². The topological polar surface area (TPSA) is 32.3 Å². The maximum absolute atomic E-state index is 13.3. The predicted molar refractivity (Wildman–Crippen MR) is 96.9 cm³/mol. The van der Waals surface area contributed by atoms with Gasteiger partial charge in [-0.1, -0.05) is 17.7 Å². The lowest BCUT2D eigenvalue weighted by molar-refractivity contribution is -0.137. The van der Waals surface area contributed by atoms with Crippen molar-refractivity contribution < 1.29 is 18.0 Å². The van der Waals surface area contributed by atoms with Crippen LogP contribution in [0.5, 0.6) is 0 Å². The second-order valence-corrected chi connectivity index (χ2v) is 6.71. The standard InChI is InChI=1S/C19H18ClF3N2O/c20-15-5-4-6-16(12-15)24-18(26)13-9-14(19(21,22)23)11-17(10-13)25-7-2-1-3-8-25/h4-6,9-12H,1-3,7-8H2,(H,24,26). The van der Waals surface area contributed by atoms with Gasteiger partial charge in [0.1, 0.15) is 0 Å². The molecule has 1 amide bonds. The van der Waals surface area contributed by atoms with E-state index < -0.39 is 17.6 Å². The highest BCUT2D eigenvalue weighted by Gasteiger charge is 2.32. The summed E-state index contributed by atoms with van der Waals surface area (Å²) in [6.07, 6.45) is -1.59.